The zero-order chi connectivity index (χ0) is 15.6. The maximum Gasteiger partial charge on any atom is 0.246 e. The summed E-state index contributed by atoms with van der Waals surface area (Å²) in [5.41, 5.74) is 0.800. The van der Waals surface area contributed by atoms with Crippen LogP contribution in [-0.4, -0.2) is 33.8 Å². The topological polar surface area (TPSA) is 62.3 Å². The van der Waals surface area contributed by atoms with Crippen LogP contribution in [0.2, 0.25) is 0 Å². The zero-order valence-corrected chi connectivity index (χ0v) is 13.0. The van der Waals surface area contributed by atoms with E-state index in [0.29, 0.717) is 6.54 Å². The van der Waals surface area contributed by atoms with Crippen molar-refractivity contribution in [3.8, 4) is 0 Å². The van der Waals surface area contributed by atoms with E-state index in [2.05, 4.69) is 10.3 Å². The molecule has 5 nitrogen and oxygen atoms in total. The third-order valence-electron chi connectivity index (χ3n) is 3.81. The number of pyridine rings is 1. The summed E-state index contributed by atoms with van der Waals surface area (Å²) in [5.74, 6) is 0.0414. The summed E-state index contributed by atoms with van der Waals surface area (Å²) in [4.78, 5) is 31.0. The molecule has 2 amide bonds. The molecule has 1 aliphatic heterocycles. The summed E-state index contributed by atoms with van der Waals surface area (Å²) < 4.78 is 0. The number of hydrogen-bond acceptors (Lipinski definition) is 3. The molecule has 2 rings (SSSR count). The summed E-state index contributed by atoms with van der Waals surface area (Å²) >= 11 is 0. The van der Waals surface area contributed by atoms with E-state index in [1.165, 1.54) is 0 Å². The van der Waals surface area contributed by atoms with E-state index in [9.17, 15) is 9.59 Å². The lowest BCUT2D eigenvalue weighted by atomic mass is 9.92. The third-order valence-corrected chi connectivity index (χ3v) is 3.81. The molecular weight excluding hydrogens is 266 g/mol. The van der Waals surface area contributed by atoms with Gasteiger partial charge in [-0.15, -0.1) is 0 Å². The Kier molecular flexibility index (Phi) is 4.60. The smallest absolute Gasteiger partial charge is 0.246 e. The SMILES string of the molecule is CC(C)C1NC(=O)C(C(C)C)N(Cc2ccccn2)C1=O. The molecule has 2 heterocycles. The van der Waals surface area contributed by atoms with Crippen molar-refractivity contribution in [1.82, 2.24) is 15.2 Å². The maximum atomic E-state index is 12.7. The molecule has 1 saturated heterocycles. The number of carbonyl (C=O) groups is 2. The summed E-state index contributed by atoms with van der Waals surface area (Å²) in [6, 6.07) is 4.72. The normalized spacial score (nSPS) is 22.9. The third kappa shape index (κ3) is 3.23. The number of rotatable bonds is 4. The van der Waals surface area contributed by atoms with Crippen molar-refractivity contribution in [2.75, 3.05) is 0 Å². The van der Waals surface area contributed by atoms with Crippen LogP contribution in [0.15, 0.2) is 24.4 Å². The fourth-order valence-corrected chi connectivity index (χ4v) is 2.71. The van der Waals surface area contributed by atoms with Gasteiger partial charge < -0.3 is 10.2 Å². The zero-order valence-electron chi connectivity index (χ0n) is 13.0. The minimum Gasteiger partial charge on any atom is -0.342 e. The monoisotopic (exact) mass is 289 g/mol. The van der Waals surface area contributed by atoms with Crippen molar-refractivity contribution in [3.05, 3.63) is 30.1 Å². The second-order valence-corrected chi connectivity index (χ2v) is 6.21. The maximum absolute atomic E-state index is 12.7. The second-order valence-electron chi connectivity index (χ2n) is 6.21. The number of hydrogen-bond donors (Lipinski definition) is 1. The van der Waals surface area contributed by atoms with Gasteiger partial charge in [0, 0.05) is 6.20 Å². The molecular formula is C16H23N3O2. The van der Waals surface area contributed by atoms with E-state index >= 15 is 0 Å². The largest absolute Gasteiger partial charge is 0.342 e. The van der Waals surface area contributed by atoms with E-state index in [1.54, 1.807) is 11.1 Å². The number of piperazine rings is 1. The van der Waals surface area contributed by atoms with Crippen molar-refractivity contribution in [1.29, 1.82) is 0 Å². The number of nitrogens with zero attached hydrogens (tertiary/aromatic N) is 2. The van der Waals surface area contributed by atoms with Crippen molar-refractivity contribution < 1.29 is 9.59 Å². The summed E-state index contributed by atoms with van der Waals surface area (Å²) in [7, 11) is 0. The molecule has 5 heteroatoms. The molecule has 114 valence electrons. The molecule has 0 aliphatic carbocycles. The highest BCUT2D eigenvalue weighted by atomic mass is 16.2. The van der Waals surface area contributed by atoms with Gasteiger partial charge in [0.1, 0.15) is 12.1 Å². The molecule has 1 aromatic heterocycles. The molecule has 0 saturated carbocycles. The lowest BCUT2D eigenvalue weighted by Crippen LogP contribution is -2.65. The average molecular weight is 289 g/mol. The molecule has 2 atom stereocenters. The first kappa shape index (κ1) is 15.5. The Morgan fingerprint density at radius 1 is 1.19 bits per heavy atom. The van der Waals surface area contributed by atoms with Crippen LogP contribution in [0.4, 0.5) is 0 Å². The van der Waals surface area contributed by atoms with Gasteiger partial charge in [0.25, 0.3) is 0 Å². The number of amides is 2. The standard InChI is InChI=1S/C16H23N3O2/c1-10(2)13-16(21)19(9-12-7-5-6-8-17-12)14(11(3)4)15(20)18-13/h5-8,10-11,13-14H,9H2,1-4H3,(H,18,20). The van der Waals surface area contributed by atoms with Crippen LogP contribution in [0.1, 0.15) is 33.4 Å². The first-order valence-corrected chi connectivity index (χ1v) is 7.42. The predicted molar refractivity (Wildman–Crippen MR) is 80.2 cm³/mol. The fourth-order valence-electron chi connectivity index (χ4n) is 2.71. The molecule has 1 aliphatic rings. The number of nitrogens with one attached hydrogen (secondary N) is 1. The van der Waals surface area contributed by atoms with Gasteiger partial charge in [-0.1, -0.05) is 33.8 Å². The van der Waals surface area contributed by atoms with Gasteiger partial charge in [0.2, 0.25) is 11.8 Å². The van der Waals surface area contributed by atoms with Crippen LogP contribution in [0, 0.1) is 11.8 Å². The Bertz CT molecular complexity index is 514. The molecule has 0 bridgehead atoms. The Balaban J connectivity index is 2.30. The van der Waals surface area contributed by atoms with Crippen molar-refractivity contribution in [2.24, 2.45) is 11.8 Å². The molecule has 0 spiro atoms. The Hall–Kier alpha value is -1.91. The molecule has 0 aromatic carbocycles. The van der Waals surface area contributed by atoms with E-state index in [0.717, 1.165) is 5.69 Å². The van der Waals surface area contributed by atoms with Gasteiger partial charge in [-0.05, 0) is 24.0 Å². The molecule has 1 fully saturated rings. The molecule has 0 radical (unpaired) electrons. The van der Waals surface area contributed by atoms with Gasteiger partial charge in [0.05, 0.1) is 12.2 Å². The predicted octanol–water partition coefficient (Wildman–Crippen LogP) is 1.59. The first-order chi connectivity index (χ1) is 9.91. The van der Waals surface area contributed by atoms with Crippen LogP contribution in [0.3, 0.4) is 0 Å². The fraction of sp³-hybridized carbons (Fsp3) is 0.562. The van der Waals surface area contributed by atoms with E-state index < -0.39 is 12.1 Å². The highest BCUT2D eigenvalue weighted by molar-refractivity contribution is 5.97. The Morgan fingerprint density at radius 3 is 2.43 bits per heavy atom. The van der Waals surface area contributed by atoms with E-state index in [-0.39, 0.29) is 23.7 Å². The molecule has 2 unspecified atom stereocenters. The first-order valence-electron chi connectivity index (χ1n) is 7.42. The van der Waals surface area contributed by atoms with E-state index in [1.807, 2.05) is 45.9 Å². The van der Waals surface area contributed by atoms with Gasteiger partial charge in [0.15, 0.2) is 0 Å². The minimum atomic E-state index is -0.448. The highest BCUT2D eigenvalue weighted by Gasteiger charge is 2.42. The van der Waals surface area contributed by atoms with Crippen molar-refractivity contribution in [2.45, 2.75) is 46.3 Å². The summed E-state index contributed by atoms with van der Waals surface area (Å²) in [6.45, 7) is 8.17. The minimum absolute atomic E-state index is 0.0195. The highest BCUT2D eigenvalue weighted by Crippen LogP contribution is 2.22. The summed E-state index contributed by atoms with van der Waals surface area (Å²) in [6.07, 6.45) is 1.70. The molecule has 1 N–H and O–H groups in total. The number of aromatic nitrogens is 1. The van der Waals surface area contributed by atoms with Gasteiger partial charge in [-0.3, -0.25) is 14.6 Å². The second kappa shape index (κ2) is 6.24. The lowest BCUT2D eigenvalue weighted by Gasteiger charge is -2.41. The number of carbonyl (C=O) groups excluding carboxylic acids is 2. The van der Waals surface area contributed by atoms with Gasteiger partial charge in [-0.25, -0.2) is 0 Å². The Morgan fingerprint density at radius 2 is 1.90 bits per heavy atom. The average Bonchev–Trinajstić information content (AvgIpc) is 2.43. The van der Waals surface area contributed by atoms with Crippen LogP contribution >= 0.6 is 0 Å². The quantitative estimate of drug-likeness (QED) is 0.915. The van der Waals surface area contributed by atoms with Crippen molar-refractivity contribution >= 4 is 11.8 Å². The van der Waals surface area contributed by atoms with Crippen LogP contribution in [-0.2, 0) is 16.1 Å². The van der Waals surface area contributed by atoms with Crippen LogP contribution in [0.25, 0.3) is 0 Å². The van der Waals surface area contributed by atoms with E-state index in [4.69, 9.17) is 0 Å². The molecule has 21 heavy (non-hydrogen) atoms. The van der Waals surface area contributed by atoms with Crippen molar-refractivity contribution in [3.63, 3.8) is 0 Å². The van der Waals surface area contributed by atoms with Crippen LogP contribution < -0.4 is 5.32 Å². The van der Waals surface area contributed by atoms with Gasteiger partial charge >= 0.3 is 0 Å². The summed E-state index contributed by atoms with van der Waals surface area (Å²) in [5, 5.41) is 2.86. The van der Waals surface area contributed by atoms with Crippen LogP contribution in [0.5, 0.6) is 0 Å². The molecule has 1 aromatic rings. The van der Waals surface area contributed by atoms with Gasteiger partial charge in [-0.2, -0.15) is 0 Å². The Labute approximate surface area is 125 Å². The lowest BCUT2D eigenvalue weighted by molar-refractivity contribution is -0.153.